The number of terminal acetylenes is 1. The molecule has 118 valence electrons. The molecule has 0 aromatic heterocycles. The quantitative estimate of drug-likeness (QED) is 0.521. The Kier molecular flexibility index (Phi) is 3.15. The summed E-state index contributed by atoms with van der Waals surface area (Å²) >= 11 is 0. The highest BCUT2D eigenvalue weighted by Gasteiger charge is 2.58. The summed E-state index contributed by atoms with van der Waals surface area (Å²) < 4.78 is 0. The van der Waals surface area contributed by atoms with Crippen molar-refractivity contribution in [1.82, 2.24) is 0 Å². The van der Waals surface area contributed by atoms with Crippen LogP contribution in [0.25, 0.3) is 0 Å². The van der Waals surface area contributed by atoms with Crippen molar-refractivity contribution in [3.8, 4) is 12.3 Å². The number of fused-ring (bicyclic) bond motifs is 5. The minimum Gasteiger partial charge on any atom is -0.385 e. The van der Waals surface area contributed by atoms with Gasteiger partial charge < -0.3 is 5.11 Å². The molecule has 3 saturated carbocycles. The third-order valence-corrected chi connectivity index (χ3v) is 7.86. The van der Waals surface area contributed by atoms with E-state index >= 15 is 0 Å². The van der Waals surface area contributed by atoms with Crippen LogP contribution in [0.4, 0.5) is 0 Å². The van der Waals surface area contributed by atoms with Crippen molar-refractivity contribution >= 4 is 0 Å². The van der Waals surface area contributed by atoms with Gasteiger partial charge in [0.05, 0.1) is 6.10 Å². The number of rotatable bonds is 0. The molecule has 3 fully saturated rings. The van der Waals surface area contributed by atoms with Crippen LogP contribution in [-0.2, 0) is 0 Å². The molecule has 1 nitrogen and oxygen atoms in total. The van der Waals surface area contributed by atoms with Gasteiger partial charge in [0.2, 0.25) is 0 Å². The summed E-state index contributed by atoms with van der Waals surface area (Å²) in [5, 5.41) is 9.93. The molecule has 0 radical (unpaired) electrons. The molecule has 22 heavy (non-hydrogen) atoms. The molecule has 4 aliphatic carbocycles. The Morgan fingerprint density at radius 3 is 2.77 bits per heavy atom. The van der Waals surface area contributed by atoms with Gasteiger partial charge in [-0.25, -0.2) is 0 Å². The highest BCUT2D eigenvalue weighted by Crippen LogP contribution is 2.65. The molecule has 0 aliphatic heterocycles. The summed E-state index contributed by atoms with van der Waals surface area (Å²) in [6.45, 7) is 4.88. The van der Waals surface area contributed by atoms with Gasteiger partial charge in [-0.15, -0.1) is 12.3 Å². The monoisotopic (exact) mass is 296 g/mol. The van der Waals surface area contributed by atoms with Gasteiger partial charge in [-0.1, -0.05) is 37.6 Å². The van der Waals surface area contributed by atoms with Crippen molar-refractivity contribution in [3.05, 3.63) is 23.8 Å². The van der Waals surface area contributed by atoms with E-state index in [1.54, 1.807) is 0 Å². The fourth-order valence-corrected chi connectivity index (χ4v) is 6.59. The SMILES string of the molecule is C#C[C@H]1CCC2C3CCC4=C[C@@H](O)C=C[C@]4(C)C3CC[C@@]21C. The lowest BCUT2D eigenvalue weighted by molar-refractivity contribution is -0.0259. The maximum Gasteiger partial charge on any atom is 0.0905 e. The number of allylic oxidation sites excluding steroid dienone is 2. The van der Waals surface area contributed by atoms with Crippen LogP contribution in [0.3, 0.4) is 0 Å². The van der Waals surface area contributed by atoms with Gasteiger partial charge in [0.15, 0.2) is 0 Å². The molecule has 4 aliphatic rings. The molecule has 0 bridgehead atoms. The normalized spacial score (nSPS) is 53.0. The Labute approximate surface area is 134 Å². The third kappa shape index (κ3) is 1.77. The Balaban J connectivity index is 1.68. The van der Waals surface area contributed by atoms with Crippen LogP contribution in [0.1, 0.15) is 52.4 Å². The predicted octanol–water partition coefficient (Wildman–Crippen LogP) is 4.34. The zero-order chi connectivity index (χ0) is 15.5. The number of hydrogen-bond acceptors (Lipinski definition) is 1. The molecule has 0 saturated heterocycles. The average molecular weight is 296 g/mol. The van der Waals surface area contributed by atoms with Crippen molar-refractivity contribution < 1.29 is 5.11 Å². The fourth-order valence-electron chi connectivity index (χ4n) is 6.59. The number of aliphatic hydroxyl groups excluding tert-OH is 1. The van der Waals surface area contributed by atoms with Crippen LogP contribution in [0.5, 0.6) is 0 Å². The highest BCUT2D eigenvalue weighted by molar-refractivity contribution is 5.33. The summed E-state index contributed by atoms with van der Waals surface area (Å²) in [5.74, 6) is 5.98. The van der Waals surface area contributed by atoms with Gasteiger partial charge in [0, 0.05) is 11.3 Å². The molecule has 0 spiro atoms. The summed E-state index contributed by atoms with van der Waals surface area (Å²) in [6, 6.07) is 0. The lowest BCUT2D eigenvalue weighted by atomic mass is 9.48. The maximum atomic E-state index is 9.93. The van der Waals surface area contributed by atoms with Crippen LogP contribution in [0.15, 0.2) is 23.8 Å². The Morgan fingerprint density at radius 2 is 2.00 bits per heavy atom. The van der Waals surface area contributed by atoms with Gasteiger partial charge in [0.25, 0.3) is 0 Å². The van der Waals surface area contributed by atoms with Gasteiger partial charge >= 0.3 is 0 Å². The van der Waals surface area contributed by atoms with E-state index in [1.165, 1.54) is 37.7 Å². The molecule has 4 rings (SSSR count). The van der Waals surface area contributed by atoms with Crippen LogP contribution in [0, 0.1) is 46.8 Å². The van der Waals surface area contributed by atoms with E-state index in [0.717, 1.165) is 24.2 Å². The standard InChI is InChI=1S/C21H28O/c1-4-14-6-8-18-17-7-5-15-13-16(22)9-11-21(15,3)19(17)10-12-20(14,18)2/h1,9,11,13-14,16-19,22H,5-8,10,12H2,2-3H3/t14-,16-,17?,18?,19?,20+,21-/m0/s1. The largest absolute Gasteiger partial charge is 0.385 e. The summed E-state index contributed by atoms with van der Waals surface area (Å²) in [4.78, 5) is 0. The number of hydrogen-bond donors (Lipinski definition) is 1. The first-order chi connectivity index (χ1) is 10.5. The van der Waals surface area contributed by atoms with E-state index in [4.69, 9.17) is 6.42 Å². The zero-order valence-electron chi connectivity index (χ0n) is 13.9. The van der Waals surface area contributed by atoms with Gasteiger partial charge in [-0.2, -0.15) is 0 Å². The first-order valence-corrected chi connectivity index (χ1v) is 9.04. The lowest BCUT2D eigenvalue weighted by Gasteiger charge is -2.57. The molecule has 1 heteroatoms. The third-order valence-electron chi connectivity index (χ3n) is 7.86. The summed E-state index contributed by atoms with van der Waals surface area (Å²) in [7, 11) is 0. The van der Waals surface area contributed by atoms with Crippen LogP contribution in [-0.4, -0.2) is 11.2 Å². The molecule has 0 heterocycles. The fraction of sp³-hybridized carbons (Fsp3) is 0.714. The van der Waals surface area contributed by atoms with Crippen LogP contribution < -0.4 is 0 Å². The van der Waals surface area contributed by atoms with Gasteiger partial charge in [0.1, 0.15) is 0 Å². The topological polar surface area (TPSA) is 20.2 Å². The van der Waals surface area contributed by atoms with Crippen molar-refractivity contribution in [1.29, 1.82) is 0 Å². The lowest BCUT2D eigenvalue weighted by Crippen LogP contribution is -2.49. The Morgan fingerprint density at radius 1 is 1.18 bits per heavy atom. The molecular weight excluding hydrogens is 268 g/mol. The second-order valence-corrected chi connectivity index (χ2v) is 8.58. The summed E-state index contributed by atoms with van der Waals surface area (Å²) in [6.07, 6.45) is 19.5. The van der Waals surface area contributed by atoms with Crippen LogP contribution >= 0.6 is 0 Å². The van der Waals surface area contributed by atoms with Crippen molar-refractivity contribution in [2.45, 2.75) is 58.5 Å². The molecule has 7 atom stereocenters. The van der Waals surface area contributed by atoms with Crippen molar-refractivity contribution in [2.24, 2.45) is 34.5 Å². The van der Waals surface area contributed by atoms with E-state index in [-0.39, 0.29) is 11.5 Å². The Hall–Kier alpha value is -1.00. The Bertz CT molecular complexity index is 579. The zero-order valence-corrected chi connectivity index (χ0v) is 13.9. The molecule has 0 amide bonds. The van der Waals surface area contributed by atoms with E-state index in [0.29, 0.717) is 11.3 Å². The predicted molar refractivity (Wildman–Crippen MR) is 89.9 cm³/mol. The van der Waals surface area contributed by atoms with E-state index < -0.39 is 0 Å². The maximum absolute atomic E-state index is 9.93. The van der Waals surface area contributed by atoms with Gasteiger partial charge in [-0.3, -0.25) is 0 Å². The smallest absolute Gasteiger partial charge is 0.0905 e. The molecule has 0 aromatic carbocycles. The van der Waals surface area contributed by atoms with Crippen molar-refractivity contribution in [3.63, 3.8) is 0 Å². The molecule has 3 unspecified atom stereocenters. The minimum atomic E-state index is -0.370. The van der Waals surface area contributed by atoms with Gasteiger partial charge in [-0.05, 0) is 61.7 Å². The van der Waals surface area contributed by atoms with E-state index in [1.807, 2.05) is 6.08 Å². The average Bonchev–Trinajstić information content (AvgIpc) is 2.84. The molecule has 1 N–H and O–H groups in total. The first kappa shape index (κ1) is 14.6. The molecular formula is C21H28O. The highest BCUT2D eigenvalue weighted by atomic mass is 16.3. The van der Waals surface area contributed by atoms with Crippen LogP contribution in [0.2, 0.25) is 0 Å². The number of aliphatic hydroxyl groups is 1. The first-order valence-electron chi connectivity index (χ1n) is 9.04. The van der Waals surface area contributed by atoms with E-state index in [9.17, 15) is 5.11 Å². The second kappa shape index (κ2) is 4.75. The van der Waals surface area contributed by atoms with Crippen molar-refractivity contribution in [2.75, 3.05) is 0 Å². The van der Waals surface area contributed by atoms with E-state index in [2.05, 4.69) is 31.9 Å². The minimum absolute atomic E-state index is 0.178. The molecule has 0 aromatic rings. The summed E-state index contributed by atoms with van der Waals surface area (Å²) in [5.41, 5.74) is 2.04. The second-order valence-electron chi connectivity index (χ2n) is 8.58.